The maximum atomic E-state index is 11.1. The number of carboxylic acid groups (broad SMARTS) is 2. The molecule has 0 saturated carbocycles. The average Bonchev–Trinajstić information content (AvgIpc) is 2.46. The third-order valence-corrected chi connectivity index (χ3v) is 2.93. The van der Waals surface area contributed by atoms with Crippen molar-refractivity contribution in [1.82, 2.24) is 0 Å². The normalized spacial score (nSPS) is 10.1. The monoisotopic (exact) mass is 286 g/mol. The first-order chi connectivity index (χ1) is 9.93. The van der Waals surface area contributed by atoms with Crippen LogP contribution in [0.15, 0.2) is 36.4 Å². The zero-order valence-electron chi connectivity index (χ0n) is 10.6. The Morgan fingerprint density at radius 1 is 0.952 bits per heavy atom. The highest BCUT2D eigenvalue weighted by atomic mass is 16.4. The molecule has 0 aliphatic heterocycles. The Labute approximate surface area is 118 Å². The maximum Gasteiger partial charge on any atom is 0.335 e. The average molecular weight is 286 g/mol. The second-order valence-electron chi connectivity index (χ2n) is 4.27. The van der Waals surface area contributed by atoms with Crippen LogP contribution in [-0.2, 0) is 0 Å². The fourth-order valence-corrected chi connectivity index (χ4v) is 1.92. The summed E-state index contributed by atoms with van der Waals surface area (Å²) >= 11 is 0. The number of aldehydes is 1. The van der Waals surface area contributed by atoms with E-state index < -0.39 is 11.9 Å². The van der Waals surface area contributed by atoms with Crippen molar-refractivity contribution in [1.29, 1.82) is 0 Å². The van der Waals surface area contributed by atoms with Crippen LogP contribution in [0.1, 0.15) is 31.1 Å². The van der Waals surface area contributed by atoms with Gasteiger partial charge < -0.3 is 15.3 Å². The summed E-state index contributed by atoms with van der Waals surface area (Å²) < 4.78 is 0. The van der Waals surface area contributed by atoms with Crippen LogP contribution in [-0.4, -0.2) is 33.5 Å². The van der Waals surface area contributed by atoms with Crippen LogP contribution in [0.4, 0.5) is 0 Å². The molecule has 0 aliphatic carbocycles. The number of para-hydroxylation sites is 1. The second kappa shape index (κ2) is 5.46. The molecule has 3 N–H and O–H groups in total. The van der Waals surface area contributed by atoms with Crippen molar-refractivity contribution in [2.24, 2.45) is 0 Å². The van der Waals surface area contributed by atoms with Crippen molar-refractivity contribution in [2.75, 3.05) is 0 Å². The number of carbonyl (C=O) groups excluding carboxylic acids is 1. The van der Waals surface area contributed by atoms with Crippen molar-refractivity contribution in [3.05, 3.63) is 53.1 Å². The Morgan fingerprint density at radius 3 is 2.00 bits per heavy atom. The largest absolute Gasteiger partial charge is 0.507 e. The van der Waals surface area contributed by atoms with E-state index in [1.165, 1.54) is 30.3 Å². The molecule has 0 radical (unpaired) electrons. The van der Waals surface area contributed by atoms with E-state index in [9.17, 15) is 19.5 Å². The summed E-state index contributed by atoms with van der Waals surface area (Å²) in [5, 5.41) is 28.0. The van der Waals surface area contributed by atoms with E-state index in [1.54, 1.807) is 0 Å². The van der Waals surface area contributed by atoms with Gasteiger partial charge in [-0.1, -0.05) is 12.1 Å². The van der Waals surface area contributed by atoms with Gasteiger partial charge >= 0.3 is 11.9 Å². The number of hydrogen-bond donors (Lipinski definition) is 3. The van der Waals surface area contributed by atoms with Gasteiger partial charge in [0.1, 0.15) is 5.75 Å². The fourth-order valence-electron chi connectivity index (χ4n) is 1.92. The molecular formula is C15H10O6. The highest BCUT2D eigenvalue weighted by Crippen LogP contribution is 2.32. The maximum absolute atomic E-state index is 11.1. The summed E-state index contributed by atoms with van der Waals surface area (Å²) in [7, 11) is 0. The number of hydrogen-bond acceptors (Lipinski definition) is 4. The van der Waals surface area contributed by atoms with Gasteiger partial charge in [0.25, 0.3) is 0 Å². The SMILES string of the molecule is O=Cc1cccc(-c2cc(C(=O)O)cc(C(=O)O)c2)c1O. The van der Waals surface area contributed by atoms with Gasteiger partial charge in [0.05, 0.1) is 16.7 Å². The third-order valence-electron chi connectivity index (χ3n) is 2.93. The minimum absolute atomic E-state index is 0.0325. The Morgan fingerprint density at radius 2 is 1.52 bits per heavy atom. The van der Waals surface area contributed by atoms with Crippen LogP contribution < -0.4 is 0 Å². The highest BCUT2D eigenvalue weighted by Gasteiger charge is 2.15. The van der Waals surface area contributed by atoms with Crippen LogP contribution >= 0.6 is 0 Å². The Hall–Kier alpha value is -3.15. The van der Waals surface area contributed by atoms with E-state index in [-0.39, 0.29) is 33.6 Å². The molecule has 0 spiro atoms. The molecule has 0 saturated heterocycles. The third kappa shape index (κ3) is 2.74. The summed E-state index contributed by atoms with van der Waals surface area (Å²) in [5.74, 6) is -2.90. The van der Waals surface area contributed by atoms with Crippen molar-refractivity contribution in [3.63, 3.8) is 0 Å². The fraction of sp³-hybridized carbons (Fsp3) is 0. The molecule has 6 nitrogen and oxygen atoms in total. The molecule has 2 aromatic rings. The Kier molecular flexibility index (Phi) is 3.71. The molecule has 0 bridgehead atoms. The van der Waals surface area contributed by atoms with E-state index in [0.717, 1.165) is 6.07 Å². The zero-order chi connectivity index (χ0) is 15.6. The smallest absolute Gasteiger partial charge is 0.335 e. The molecule has 0 atom stereocenters. The van der Waals surface area contributed by atoms with E-state index in [4.69, 9.17) is 10.2 Å². The van der Waals surface area contributed by atoms with Gasteiger partial charge in [-0.25, -0.2) is 9.59 Å². The van der Waals surface area contributed by atoms with Crippen molar-refractivity contribution < 1.29 is 29.7 Å². The molecule has 0 aliphatic rings. The second-order valence-corrected chi connectivity index (χ2v) is 4.27. The molecule has 0 unspecified atom stereocenters. The summed E-state index contributed by atoms with van der Waals surface area (Å²) in [6.07, 6.45) is 0.456. The number of phenols is 1. The number of rotatable bonds is 4. The van der Waals surface area contributed by atoms with E-state index >= 15 is 0 Å². The summed E-state index contributed by atoms with van der Waals surface area (Å²) in [5.41, 5.74) is -0.0228. The van der Waals surface area contributed by atoms with Crippen LogP contribution in [0, 0.1) is 0 Å². The molecule has 2 rings (SSSR count). The first kappa shape index (κ1) is 14.3. The highest BCUT2D eigenvalue weighted by molar-refractivity contribution is 5.97. The molecule has 21 heavy (non-hydrogen) atoms. The van der Waals surface area contributed by atoms with Crippen LogP contribution in [0.3, 0.4) is 0 Å². The first-order valence-corrected chi connectivity index (χ1v) is 5.83. The van der Waals surface area contributed by atoms with Crippen LogP contribution in [0.25, 0.3) is 11.1 Å². The predicted molar refractivity (Wildman–Crippen MR) is 72.8 cm³/mol. The van der Waals surface area contributed by atoms with Crippen LogP contribution in [0.5, 0.6) is 5.75 Å². The summed E-state index contributed by atoms with van der Waals surface area (Å²) in [6, 6.07) is 7.86. The van der Waals surface area contributed by atoms with Gasteiger partial charge in [0, 0.05) is 5.56 Å². The van der Waals surface area contributed by atoms with E-state index in [1.807, 2.05) is 0 Å². The first-order valence-electron chi connectivity index (χ1n) is 5.83. The number of aromatic hydroxyl groups is 1. The van der Waals surface area contributed by atoms with Gasteiger partial charge in [-0.15, -0.1) is 0 Å². The van der Waals surface area contributed by atoms with Crippen molar-refractivity contribution in [2.45, 2.75) is 0 Å². The number of carbonyl (C=O) groups is 3. The van der Waals surface area contributed by atoms with E-state index in [0.29, 0.717) is 6.29 Å². The molecule has 0 amide bonds. The lowest BCUT2D eigenvalue weighted by Gasteiger charge is -2.09. The van der Waals surface area contributed by atoms with Crippen molar-refractivity contribution >= 4 is 18.2 Å². The Bertz CT molecular complexity index is 716. The molecular weight excluding hydrogens is 276 g/mol. The molecule has 0 aromatic heterocycles. The number of phenolic OH excluding ortho intramolecular Hbond substituents is 1. The van der Waals surface area contributed by atoms with Gasteiger partial charge in [-0.3, -0.25) is 4.79 Å². The molecule has 2 aromatic carbocycles. The summed E-state index contributed by atoms with van der Waals surface area (Å²) in [4.78, 5) is 32.9. The van der Waals surface area contributed by atoms with E-state index in [2.05, 4.69) is 0 Å². The summed E-state index contributed by atoms with van der Waals surface area (Å²) in [6.45, 7) is 0. The van der Waals surface area contributed by atoms with Gasteiger partial charge in [-0.05, 0) is 29.8 Å². The number of benzene rings is 2. The molecule has 6 heteroatoms. The van der Waals surface area contributed by atoms with Gasteiger partial charge in [-0.2, -0.15) is 0 Å². The van der Waals surface area contributed by atoms with Gasteiger partial charge in [0.15, 0.2) is 6.29 Å². The lowest BCUT2D eigenvalue weighted by atomic mass is 9.97. The zero-order valence-corrected chi connectivity index (χ0v) is 10.6. The van der Waals surface area contributed by atoms with Crippen LogP contribution in [0.2, 0.25) is 0 Å². The van der Waals surface area contributed by atoms with Crippen molar-refractivity contribution in [3.8, 4) is 16.9 Å². The molecule has 0 heterocycles. The minimum atomic E-state index is -1.29. The predicted octanol–water partition coefficient (Wildman–Crippen LogP) is 2.27. The molecule has 0 fully saturated rings. The minimum Gasteiger partial charge on any atom is -0.507 e. The number of carboxylic acids is 2. The Balaban J connectivity index is 2.71. The number of aromatic carboxylic acids is 2. The quantitative estimate of drug-likeness (QED) is 0.743. The van der Waals surface area contributed by atoms with Gasteiger partial charge in [0.2, 0.25) is 0 Å². The lowest BCUT2D eigenvalue weighted by molar-refractivity contribution is 0.0696. The standard InChI is InChI=1S/C15H10O6/c16-7-8-2-1-3-12(13(8)17)9-4-10(14(18)19)6-11(5-9)15(20)21/h1-7,17H,(H,18,19)(H,20,21). The lowest BCUT2D eigenvalue weighted by Crippen LogP contribution is -2.03. The topological polar surface area (TPSA) is 112 Å². The molecule has 106 valence electrons.